The van der Waals surface area contributed by atoms with E-state index in [2.05, 4.69) is 15.9 Å². The first kappa shape index (κ1) is 11.5. The first-order valence-corrected chi connectivity index (χ1v) is 5.11. The summed E-state index contributed by atoms with van der Waals surface area (Å²) in [5.41, 5.74) is 0. The summed E-state index contributed by atoms with van der Waals surface area (Å²) >= 11 is 3.85. The van der Waals surface area contributed by atoms with Gasteiger partial charge in [0.15, 0.2) is 0 Å². The van der Waals surface area contributed by atoms with Gasteiger partial charge in [-0.05, 0) is 33.5 Å². The Labute approximate surface area is 90.4 Å². The summed E-state index contributed by atoms with van der Waals surface area (Å²) < 4.78 is 35.3. The third-order valence-electron chi connectivity index (χ3n) is 1.29. The van der Waals surface area contributed by atoms with Crippen LogP contribution in [0.25, 0.3) is 6.08 Å². The van der Waals surface area contributed by atoms with E-state index in [4.69, 9.17) is 0 Å². The van der Waals surface area contributed by atoms with E-state index in [1.54, 1.807) is 17.5 Å². The molecular formula is C8H4BrF3OS. The number of allylic oxidation sites excluding steroid dienone is 1. The van der Waals surface area contributed by atoms with Gasteiger partial charge in [0, 0.05) is 4.88 Å². The Kier molecular flexibility index (Phi) is 3.49. The van der Waals surface area contributed by atoms with Crippen LogP contribution in [0.15, 0.2) is 22.0 Å². The van der Waals surface area contributed by atoms with Crippen LogP contribution in [0.2, 0.25) is 0 Å². The fourth-order valence-corrected chi connectivity index (χ4v) is 1.98. The Morgan fingerprint density at radius 2 is 2.14 bits per heavy atom. The van der Waals surface area contributed by atoms with Crippen molar-refractivity contribution in [1.82, 2.24) is 0 Å². The van der Waals surface area contributed by atoms with E-state index in [-0.39, 0.29) is 0 Å². The van der Waals surface area contributed by atoms with E-state index >= 15 is 0 Å². The van der Waals surface area contributed by atoms with Gasteiger partial charge in [-0.2, -0.15) is 13.2 Å². The SMILES string of the molecule is O=C(/C(Br)=C/c1cccs1)C(F)(F)F. The van der Waals surface area contributed by atoms with Crippen LogP contribution in [0.4, 0.5) is 13.2 Å². The van der Waals surface area contributed by atoms with Gasteiger partial charge in [-0.3, -0.25) is 4.79 Å². The number of ketones is 1. The van der Waals surface area contributed by atoms with Gasteiger partial charge < -0.3 is 0 Å². The lowest BCUT2D eigenvalue weighted by Crippen LogP contribution is -2.22. The molecule has 0 unspecified atom stereocenters. The second-order valence-corrected chi connectivity index (χ2v) is 4.17. The molecule has 0 saturated heterocycles. The molecule has 0 bridgehead atoms. The molecule has 0 aromatic carbocycles. The van der Waals surface area contributed by atoms with Crippen LogP contribution in [-0.2, 0) is 4.79 Å². The second-order valence-electron chi connectivity index (χ2n) is 2.33. The summed E-state index contributed by atoms with van der Waals surface area (Å²) in [5.74, 6) is -1.87. The highest BCUT2D eigenvalue weighted by Crippen LogP contribution is 2.26. The van der Waals surface area contributed by atoms with Crippen LogP contribution in [0.3, 0.4) is 0 Å². The van der Waals surface area contributed by atoms with Gasteiger partial charge in [-0.25, -0.2) is 0 Å². The number of hydrogen-bond acceptors (Lipinski definition) is 2. The van der Waals surface area contributed by atoms with Crippen molar-refractivity contribution in [2.75, 3.05) is 0 Å². The van der Waals surface area contributed by atoms with Crippen molar-refractivity contribution in [2.45, 2.75) is 6.18 Å². The van der Waals surface area contributed by atoms with Gasteiger partial charge in [0.25, 0.3) is 5.78 Å². The smallest absolute Gasteiger partial charge is 0.283 e. The molecule has 1 aromatic heterocycles. The standard InChI is InChI=1S/C8H4BrF3OS/c9-6(7(13)8(10,11)12)4-5-2-1-3-14-5/h1-4H/b6-4-. The van der Waals surface area contributed by atoms with E-state index in [0.717, 1.165) is 6.08 Å². The molecule has 0 amide bonds. The number of thiophene rings is 1. The molecule has 0 saturated carbocycles. The molecule has 76 valence electrons. The summed E-state index contributed by atoms with van der Waals surface area (Å²) in [5, 5.41) is 1.71. The normalized spacial score (nSPS) is 13.0. The zero-order valence-electron chi connectivity index (χ0n) is 6.64. The number of carbonyl (C=O) groups excluding carboxylic acids is 1. The third kappa shape index (κ3) is 2.95. The third-order valence-corrected chi connectivity index (χ3v) is 2.69. The van der Waals surface area contributed by atoms with Crippen LogP contribution in [0, 0.1) is 0 Å². The number of Topliss-reactive ketones (excluding diaryl/α,β-unsaturated/α-hetero) is 1. The summed E-state index contributed by atoms with van der Waals surface area (Å²) in [7, 11) is 0. The van der Waals surface area contributed by atoms with Crippen LogP contribution in [0.5, 0.6) is 0 Å². The van der Waals surface area contributed by atoms with Crippen LogP contribution in [-0.4, -0.2) is 12.0 Å². The fraction of sp³-hybridized carbons (Fsp3) is 0.125. The molecule has 14 heavy (non-hydrogen) atoms. The average Bonchev–Trinajstić information content (AvgIpc) is 2.53. The lowest BCUT2D eigenvalue weighted by Gasteiger charge is -2.02. The average molecular weight is 285 g/mol. The van der Waals surface area contributed by atoms with Crippen molar-refractivity contribution in [1.29, 1.82) is 0 Å². The number of hydrogen-bond donors (Lipinski definition) is 0. The highest BCUT2D eigenvalue weighted by atomic mass is 79.9. The van der Waals surface area contributed by atoms with Crippen molar-refractivity contribution in [3.63, 3.8) is 0 Å². The van der Waals surface area contributed by atoms with Crippen LogP contribution in [0.1, 0.15) is 4.88 Å². The van der Waals surface area contributed by atoms with E-state index in [1.807, 2.05) is 0 Å². The Bertz CT molecular complexity index is 353. The molecule has 0 aliphatic rings. The topological polar surface area (TPSA) is 17.1 Å². The molecule has 0 aliphatic carbocycles. The zero-order valence-corrected chi connectivity index (χ0v) is 9.04. The molecule has 1 nitrogen and oxygen atoms in total. The summed E-state index contributed by atoms with van der Waals surface area (Å²) in [6.45, 7) is 0. The quantitative estimate of drug-likeness (QED) is 0.758. The maximum Gasteiger partial charge on any atom is 0.455 e. The van der Waals surface area contributed by atoms with Crippen molar-refractivity contribution in [3.05, 3.63) is 26.9 Å². The Balaban J connectivity index is 2.86. The number of alkyl halides is 3. The molecular weight excluding hydrogens is 281 g/mol. The number of halogens is 4. The highest BCUT2D eigenvalue weighted by Gasteiger charge is 2.39. The molecule has 1 heterocycles. The maximum atomic E-state index is 11.9. The molecule has 0 atom stereocenters. The first-order valence-electron chi connectivity index (χ1n) is 3.43. The maximum absolute atomic E-state index is 11.9. The second kappa shape index (κ2) is 4.27. The molecule has 0 N–H and O–H groups in total. The van der Waals surface area contributed by atoms with Crippen LogP contribution >= 0.6 is 27.3 Å². The van der Waals surface area contributed by atoms with Crippen LogP contribution < -0.4 is 0 Å². The predicted molar refractivity (Wildman–Crippen MR) is 52.3 cm³/mol. The summed E-state index contributed by atoms with van der Waals surface area (Å²) in [4.78, 5) is 11.2. The first-order chi connectivity index (χ1) is 6.41. The predicted octanol–water partition coefficient (Wildman–Crippen LogP) is 3.62. The van der Waals surface area contributed by atoms with Crippen molar-refractivity contribution >= 4 is 39.1 Å². The summed E-state index contributed by atoms with van der Waals surface area (Å²) in [6.07, 6.45) is -3.67. The van der Waals surface area contributed by atoms with E-state index in [9.17, 15) is 18.0 Å². The van der Waals surface area contributed by atoms with Crippen molar-refractivity contribution in [2.24, 2.45) is 0 Å². The Morgan fingerprint density at radius 1 is 1.50 bits per heavy atom. The Hall–Kier alpha value is -0.620. The molecule has 6 heteroatoms. The van der Waals surface area contributed by atoms with E-state index < -0.39 is 16.4 Å². The zero-order chi connectivity index (χ0) is 10.8. The monoisotopic (exact) mass is 284 g/mol. The minimum atomic E-state index is -4.83. The highest BCUT2D eigenvalue weighted by molar-refractivity contribution is 9.12. The Morgan fingerprint density at radius 3 is 2.57 bits per heavy atom. The minimum absolute atomic E-state index is 0.479. The largest absolute Gasteiger partial charge is 0.455 e. The molecule has 1 rings (SSSR count). The van der Waals surface area contributed by atoms with Gasteiger partial charge in [0.1, 0.15) is 0 Å². The van der Waals surface area contributed by atoms with Crippen molar-refractivity contribution < 1.29 is 18.0 Å². The molecule has 0 fully saturated rings. The van der Waals surface area contributed by atoms with Gasteiger partial charge in [0.05, 0.1) is 4.48 Å². The molecule has 0 spiro atoms. The molecule has 0 aliphatic heterocycles. The van der Waals surface area contributed by atoms with E-state index in [0.29, 0.717) is 4.88 Å². The van der Waals surface area contributed by atoms with Gasteiger partial charge in [-0.1, -0.05) is 6.07 Å². The summed E-state index contributed by atoms with van der Waals surface area (Å²) in [6, 6.07) is 3.31. The van der Waals surface area contributed by atoms with Crippen molar-refractivity contribution in [3.8, 4) is 0 Å². The number of carbonyl (C=O) groups is 1. The van der Waals surface area contributed by atoms with Gasteiger partial charge in [-0.15, -0.1) is 11.3 Å². The van der Waals surface area contributed by atoms with Gasteiger partial charge in [0.2, 0.25) is 0 Å². The lowest BCUT2D eigenvalue weighted by atomic mass is 10.3. The fourth-order valence-electron chi connectivity index (χ4n) is 0.699. The lowest BCUT2D eigenvalue weighted by molar-refractivity contribution is -0.165. The minimum Gasteiger partial charge on any atom is -0.283 e. The molecule has 1 aromatic rings. The van der Waals surface area contributed by atoms with E-state index in [1.165, 1.54) is 11.3 Å². The van der Waals surface area contributed by atoms with Gasteiger partial charge >= 0.3 is 6.18 Å². The molecule has 0 radical (unpaired) electrons. The number of rotatable bonds is 2.